The molecule has 2 unspecified atom stereocenters. The van der Waals surface area contributed by atoms with E-state index in [1.165, 1.54) is 11.0 Å². The molecule has 12 nitrogen and oxygen atoms in total. The zero-order valence-corrected chi connectivity index (χ0v) is 30.6. The fourth-order valence-corrected chi connectivity index (χ4v) is 5.99. The van der Waals surface area contributed by atoms with Crippen LogP contribution in [0, 0.1) is 23.2 Å². The van der Waals surface area contributed by atoms with E-state index in [4.69, 9.17) is 4.74 Å². The van der Waals surface area contributed by atoms with Crippen LogP contribution in [0.3, 0.4) is 0 Å². The average molecular weight is 684 g/mol. The lowest BCUT2D eigenvalue weighted by Gasteiger charge is -2.37. The maximum Gasteiger partial charge on any atom is 0.329 e. The second-order valence-corrected chi connectivity index (χ2v) is 14.5. The Kier molecular flexibility index (Phi) is 15.5. The molecule has 272 valence electrons. The number of benzene rings is 1. The minimum absolute atomic E-state index is 0.0187. The molecule has 49 heavy (non-hydrogen) atoms. The van der Waals surface area contributed by atoms with Gasteiger partial charge in [0.15, 0.2) is 0 Å². The maximum absolute atomic E-state index is 14.3. The summed E-state index contributed by atoms with van der Waals surface area (Å²) in [6.07, 6.45) is 2.24. The molecule has 0 saturated carbocycles. The molecular formula is C37H57N5O7. The SMILES string of the molecule is C=CCNC(=O)C(=O)C(CCC)NC(=O)[C@@H]1C(C(C)C)CCN1C(=O)[C@@H](NC(=O)N[C@H](C(=O)O[C@H](C)c1ccccc1)C(C)C)C(C)(C)C. The summed E-state index contributed by atoms with van der Waals surface area (Å²) >= 11 is 0. The quantitative estimate of drug-likeness (QED) is 0.116. The number of urea groups is 1. The van der Waals surface area contributed by atoms with Gasteiger partial charge in [0.25, 0.3) is 5.91 Å². The molecule has 1 heterocycles. The third kappa shape index (κ3) is 11.4. The molecule has 1 fully saturated rings. The molecule has 1 aromatic rings. The molecule has 4 N–H and O–H groups in total. The minimum atomic E-state index is -1.07. The third-order valence-corrected chi connectivity index (χ3v) is 8.85. The number of carbonyl (C=O) groups excluding carboxylic acids is 6. The molecule has 0 aliphatic carbocycles. The van der Waals surface area contributed by atoms with Crippen LogP contribution in [0.4, 0.5) is 4.79 Å². The van der Waals surface area contributed by atoms with Crippen LogP contribution in [0.25, 0.3) is 0 Å². The van der Waals surface area contributed by atoms with Gasteiger partial charge in [0.2, 0.25) is 17.6 Å². The third-order valence-electron chi connectivity index (χ3n) is 8.85. The van der Waals surface area contributed by atoms with Gasteiger partial charge in [0, 0.05) is 13.1 Å². The van der Waals surface area contributed by atoms with Crippen LogP contribution in [0.1, 0.15) is 93.2 Å². The standard InChI is InChI=1S/C37H57N5O7/c1-11-16-27(30(43)33(45)38-20-12-2)39-32(44)29-26(22(3)4)19-21-42(29)34(46)31(37(8,9)10)41-36(48)40-28(23(5)6)35(47)49-24(7)25-17-14-13-15-18-25/h12-15,17-18,22-24,26-29,31H,2,11,16,19-21H2,1,3-10H3,(H,38,45)(H,39,44)(H2,40,41,48)/t24-,26?,27?,28+,29+,31-/m1/s1. The average Bonchev–Trinajstić information content (AvgIpc) is 3.50. The maximum atomic E-state index is 14.3. The summed E-state index contributed by atoms with van der Waals surface area (Å²) in [6, 6.07) is 4.48. The number of hydrogen-bond donors (Lipinski definition) is 4. The van der Waals surface area contributed by atoms with E-state index in [1.807, 2.05) is 51.1 Å². The molecular weight excluding hydrogens is 626 g/mol. The highest BCUT2D eigenvalue weighted by Gasteiger charge is 2.48. The van der Waals surface area contributed by atoms with Crippen molar-refractivity contribution in [3.8, 4) is 0 Å². The monoisotopic (exact) mass is 683 g/mol. The van der Waals surface area contributed by atoms with Crippen LogP contribution in [0.15, 0.2) is 43.0 Å². The van der Waals surface area contributed by atoms with Crippen LogP contribution < -0.4 is 21.3 Å². The van der Waals surface area contributed by atoms with E-state index in [-0.39, 0.29) is 37.3 Å². The van der Waals surface area contributed by atoms with Crippen LogP contribution >= 0.6 is 0 Å². The van der Waals surface area contributed by atoms with Gasteiger partial charge >= 0.3 is 12.0 Å². The molecule has 12 heteroatoms. The van der Waals surface area contributed by atoms with Crippen molar-refractivity contribution in [3.63, 3.8) is 0 Å². The number of amides is 5. The van der Waals surface area contributed by atoms with Gasteiger partial charge in [-0.05, 0) is 48.5 Å². The summed E-state index contributed by atoms with van der Waals surface area (Å²) < 4.78 is 5.68. The number of hydrogen-bond acceptors (Lipinski definition) is 7. The Labute approximate surface area is 291 Å². The first kappa shape index (κ1) is 41.0. The molecule has 0 radical (unpaired) electrons. The Morgan fingerprint density at radius 1 is 0.980 bits per heavy atom. The molecule has 1 aliphatic heterocycles. The van der Waals surface area contributed by atoms with E-state index in [0.717, 1.165) is 5.56 Å². The van der Waals surface area contributed by atoms with Crippen molar-refractivity contribution < 1.29 is 33.5 Å². The van der Waals surface area contributed by atoms with Crippen molar-refractivity contribution >= 4 is 35.5 Å². The molecule has 1 aromatic carbocycles. The van der Waals surface area contributed by atoms with Crippen LogP contribution in [-0.4, -0.2) is 77.7 Å². The number of carbonyl (C=O) groups is 6. The van der Waals surface area contributed by atoms with Gasteiger partial charge in [-0.3, -0.25) is 19.2 Å². The van der Waals surface area contributed by atoms with Crippen molar-refractivity contribution in [3.05, 3.63) is 48.6 Å². The number of likely N-dealkylation sites (tertiary alicyclic amines) is 1. The first-order valence-corrected chi connectivity index (χ1v) is 17.3. The molecule has 1 saturated heterocycles. The number of Topliss-reactive ketones (excluding diaryl/α,β-unsaturated/α-hetero) is 1. The van der Waals surface area contributed by atoms with Crippen molar-refractivity contribution in [2.24, 2.45) is 23.2 Å². The number of rotatable bonds is 16. The van der Waals surface area contributed by atoms with Crippen LogP contribution in [-0.2, 0) is 28.7 Å². The number of nitrogens with one attached hydrogen (secondary N) is 4. The van der Waals surface area contributed by atoms with Crippen molar-refractivity contribution in [2.45, 2.75) is 112 Å². The van der Waals surface area contributed by atoms with E-state index in [9.17, 15) is 28.8 Å². The second-order valence-electron chi connectivity index (χ2n) is 14.5. The lowest BCUT2D eigenvalue weighted by Crippen LogP contribution is -2.62. The number of esters is 1. The highest BCUT2D eigenvalue weighted by Crippen LogP contribution is 2.33. The van der Waals surface area contributed by atoms with Gasteiger partial charge in [-0.2, -0.15) is 0 Å². The van der Waals surface area contributed by atoms with Crippen LogP contribution in [0.2, 0.25) is 0 Å². The zero-order valence-electron chi connectivity index (χ0n) is 30.6. The molecule has 2 rings (SSSR count). The predicted molar refractivity (Wildman–Crippen MR) is 188 cm³/mol. The van der Waals surface area contributed by atoms with Gasteiger partial charge in [0.05, 0.1) is 6.04 Å². The molecule has 5 amide bonds. The Balaban J connectivity index is 2.29. The van der Waals surface area contributed by atoms with Gasteiger partial charge < -0.3 is 30.9 Å². The summed E-state index contributed by atoms with van der Waals surface area (Å²) in [5.74, 6) is -3.71. The van der Waals surface area contributed by atoms with Gasteiger partial charge in [0.1, 0.15) is 24.2 Å². The van der Waals surface area contributed by atoms with Gasteiger partial charge in [-0.15, -0.1) is 6.58 Å². The molecule has 1 aliphatic rings. The largest absolute Gasteiger partial charge is 0.456 e. The number of ketones is 1. The fourth-order valence-electron chi connectivity index (χ4n) is 5.99. The highest BCUT2D eigenvalue weighted by molar-refractivity contribution is 6.38. The van der Waals surface area contributed by atoms with Gasteiger partial charge in [-0.25, -0.2) is 9.59 Å². The van der Waals surface area contributed by atoms with Crippen molar-refractivity contribution in [2.75, 3.05) is 13.1 Å². The Morgan fingerprint density at radius 2 is 1.61 bits per heavy atom. The Bertz CT molecular complexity index is 1320. The van der Waals surface area contributed by atoms with E-state index in [0.29, 0.717) is 12.8 Å². The number of ether oxygens (including phenoxy) is 1. The summed E-state index contributed by atoms with van der Waals surface area (Å²) in [6.45, 7) is 20.4. The smallest absolute Gasteiger partial charge is 0.329 e. The van der Waals surface area contributed by atoms with Gasteiger partial charge in [-0.1, -0.05) is 98.2 Å². The fraction of sp³-hybridized carbons (Fsp3) is 0.622. The first-order chi connectivity index (χ1) is 22.9. The second kappa shape index (κ2) is 18.5. The first-order valence-electron chi connectivity index (χ1n) is 17.3. The van der Waals surface area contributed by atoms with E-state index in [2.05, 4.69) is 27.8 Å². The number of nitrogens with zero attached hydrogens (tertiary/aromatic N) is 1. The summed E-state index contributed by atoms with van der Waals surface area (Å²) in [5.41, 5.74) is 0.0248. The van der Waals surface area contributed by atoms with E-state index >= 15 is 0 Å². The van der Waals surface area contributed by atoms with E-state index in [1.54, 1.807) is 41.5 Å². The summed E-state index contributed by atoms with van der Waals surface area (Å²) in [5, 5.41) is 10.7. The molecule has 0 spiro atoms. The predicted octanol–water partition coefficient (Wildman–Crippen LogP) is 4.06. The molecule has 6 atom stereocenters. The topological polar surface area (TPSA) is 163 Å². The summed E-state index contributed by atoms with van der Waals surface area (Å²) in [4.78, 5) is 81.8. The van der Waals surface area contributed by atoms with Crippen molar-refractivity contribution in [1.29, 1.82) is 0 Å². The lowest BCUT2D eigenvalue weighted by molar-refractivity contribution is -0.152. The summed E-state index contributed by atoms with van der Waals surface area (Å²) in [7, 11) is 0. The normalized spacial score (nSPS) is 18.6. The Hall–Kier alpha value is -4.22. The Morgan fingerprint density at radius 3 is 2.14 bits per heavy atom. The van der Waals surface area contributed by atoms with Crippen molar-refractivity contribution in [1.82, 2.24) is 26.2 Å². The zero-order chi connectivity index (χ0) is 37.1. The van der Waals surface area contributed by atoms with E-state index < -0.39 is 71.2 Å². The highest BCUT2D eigenvalue weighted by atomic mass is 16.5. The molecule has 0 aromatic heterocycles. The van der Waals surface area contributed by atoms with Crippen LogP contribution in [0.5, 0.6) is 0 Å². The molecule has 0 bridgehead atoms. The lowest BCUT2D eigenvalue weighted by atomic mass is 9.84. The minimum Gasteiger partial charge on any atom is -0.456 e.